The normalized spacial score (nSPS) is 12.9. The molecule has 1 rings (SSSR count). The number of ether oxygens (including phenoxy) is 1. The van der Waals surface area contributed by atoms with E-state index in [2.05, 4.69) is 20.7 Å². The lowest BCUT2D eigenvalue weighted by atomic mass is 10.2. The van der Waals surface area contributed by atoms with E-state index in [0.29, 0.717) is 5.33 Å². The van der Waals surface area contributed by atoms with Crippen LogP contribution in [0.4, 0.5) is 13.2 Å². The quantitative estimate of drug-likeness (QED) is 0.760. The van der Waals surface area contributed by atoms with E-state index >= 15 is 0 Å². The van der Waals surface area contributed by atoms with Crippen molar-refractivity contribution < 1.29 is 17.9 Å². The maximum Gasteiger partial charge on any atom is 0.304 e. The molecule has 0 heterocycles. The molecule has 0 aromatic heterocycles. The Hall–Kier alpha value is -0.710. The molecule has 0 aliphatic heterocycles. The van der Waals surface area contributed by atoms with Crippen LogP contribution in [-0.4, -0.2) is 12.8 Å². The summed E-state index contributed by atoms with van der Waals surface area (Å²) in [4.78, 5) is 0. The summed E-state index contributed by atoms with van der Waals surface area (Å²) in [6.45, 7) is 0. The van der Waals surface area contributed by atoms with Crippen molar-refractivity contribution in [2.24, 2.45) is 0 Å². The zero-order valence-corrected chi connectivity index (χ0v) is 8.68. The highest BCUT2D eigenvalue weighted by atomic mass is 79.9. The van der Waals surface area contributed by atoms with Crippen LogP contribution < -0.4 is 4.74 Å². The van der Waals surface area contributed by atoms with Gasteiger partial charge in [-0.1, -0.05) is 28.1 Å². The summed E-state index contributed by atoms with van der Waals surface area (Å²) >= 11 is 3.22. The minimum absolute atomic E-state index is 0.0995. The van der Waals surface area contributed by atoms with E-state index in [9.17, 15) is 13.2 Å². The first kappa shape index (κ1) is 11.4. The zero-order chi connectivity index (χ0) is 10.6. The molecule has 14 heavy (non-hydrogen) atoms. The van der Waals surface area contributed by atoms with Crippen LogP contribution in [0, 0.1) is 0 Å². The van der Waals surface area contributed by atoms with Gasteiger partial charge in [0.25, 0.3) is 6.36 Å². The van der Waals surface area contributed by atoms with Crippen LogP contribution >= 0.6 is 15.9 Å². The molecule has 1 aromatic rings. The molecule has 0 radical (unpaired) electrons. The van der Waals surface area contributed by atoms with Gasteiger partial charge >= 0.3 is 6.43 Å². The van der Waals surface area contributed by atoms with Crippen molar-refractivity contribution in [3.63, 3.8) is 0 Å². The van der Waals surface area contributed by atoms with Crippen LogP contribution in [0.2, 0.25) is 0 Å². The van der Waals surface area contributed by atoms with Crippen LogP contribution in [0.15, 0.2) is 24.3 Å². The van der Waals surface area contributed by atoms with Gasteiger partial charge < -0.3 is 4.74 Å². The highest BCUT2D eigenvalue weighted by Crippen LogP contribution is 2.18. The van der Waals surface area contributed by atoms with E-state index in [1.165, 1.54) is 12.1 Å². The molecule has 1 unspecified atom stereocenters. The van der Waals surface area contributed by atoms with Gasteiger partial charge in [0.15, 0.2) is 0 Å². The maximum absolute atomic E-state index is 12.4. The number of benzene rings is 1. The Morgan fingerprint density at radius 2 is 1.71 bits per heavy atom. The Kier molecular flexibility index (Phi) is 4.25. The van der Waals surface area contributed by atoms with E-state index in [1.54, 1.807) is 12.1 Å². The summed E-state index contributed by atoms with van der Waals surface area (Å²) in [6, 6.07) is 6.24. The lowest BCUT2D eigenvalue weighted by molar-refractivity contribution is -0.0668. The Balaban J connectivity index is 2.59. The monoisotopic (exact) mass is 268 g/mol. The Morgan fingerprint density at radius 1 is 1.14 bits per heavy atom. The number of hydrogen-bond donors (Lipinski definition) is 0. The molecule has 0 spiro atoms. The molecule has 0 saturated heterocycles. The molecule has 1 aromatic carbocycles. The zero-order valence-electron chi connectivity index (χ0n) is 7.09. The van der Waals surface area contributed by atoms with Gasteiger partial charge in [0.1, 0.15) is 5.75 Å². The van der Waals surface area contributed by atoms with Gasteiger partial charge in [-0.2, -0.15) is 4.39 Å². The SMILES string of the molecule is FC(F)C(F)Oc1ccc(CBr)cc1. The minimum atomic E-state index is -3.12. The number of halogens is 4. The van der Waals surface area contributed by atoms with Crippen molar-refractivity contribution >= 4 is 15.9 Å². The molecule has 0 aliphatic carbocycles. The largest absolute Gasteiger partial charge is 0.454 e. The number of rotatable bonds is 4. The third-order valence-electron chi connectivity index (χ3n) is 1.52. The fourth-order valence-corrected chi connectivity index (χ4v) is 1.21. The lowest BCUT2D eigenvalue weighted by Crippen LogP contribution is -2.19. The van der Waals surface area contributed by atoms with Crippen LogP contribution in [0.25, 0.3) is 0 Å². The van der Waals surface area contributed by atoms with Gasteiger partial charge in [0.05, 0.1) is 0 Å². The maximum atomic E-state index is 12.4. The summed E-state index contributed by atoms with van der Waals surface area (Å²) in [7, 11) is 0. The lowest BCUT2D eigenvalue weighted by Gasteiger charge is -2.10. The van der Waals surface area contributed by atoms with E-state index in [-0.39, 0.29) is 5.75 Å². The Morgan fingerprint density at radius 3 is 2.14 bits per heavy atom. The fraction of sp³-hybridized carbons (Fsp3) is 0.333. The summed E-state index contributed by atoms with van der Waals surface area (Å²) < 4.78 is 40.3. The second-order valence-electron chi connectivity index (χ2n) is 2.58. The van der Waals surface area contributed by atoms with E-state index < -0.39 is 12.8 Å². The molecule has 0 amide bonds. The molecule has 1 atom stereocenters. The average Bonchev–Trinajstić information content (AvgIpc) is 2.19. The predicted molar refractivity (Wildman–Crippen MR) is 50.6 cm³/mol. The molecule has 0 saturated carbocycles. The molecule has 0 aliphatic rings. The third kappa shape index (κ3) is 3.21. The molecule has 5 heteroatoms. The Bertz CT molecular complexity index is 276. The van der Waals surface area contributed by atoms with Gasteiger partial charge in [-0.05, 0) is 17.7 Å². The van der Waals surface area contributed by atoms with Crippen molar-refractivity contribution in [1.82, 2.24) is 0 Å². The van der Waals surface area contributed by atoms with Gasteiger partial charge in [-0.15, -0.1) is 0 Å². The van der Waals surface area contributed by atoms with Gasteiger partial charge in [-0.3, -0.25) is 0 Å². The summed E-state index contributed by atoms with van der Waals surface area (Å²) in [5.74, 6) is 0.0995. The van der Waals surface area contributed by atoms with Crippen molar-refractivity contribution in [3.05, 3.63) is 29.8 Å². The highest BCUT2D eigenvalue weighted by molar-refractivity contribution is 9.08. The van der Waals surface area contributed by atoms with Crippen molar-refractivity contribution in [1.29, 1.82) is 0 Å². The first-order chi connectivity index (χ1) is 6.63. The second-order valence-corrected chi connectivity index (χ2v) is 3.14. The average molecular weight is 269 g/mol. The second kappa shape index (κ2) is 5.24. The van der Waals surface area contributed by atoms with Crippen molar-refractivity contribution in [2.45, 2.75) is 18.1 Å². The molecule has 0 fully saturated rings. The molecule has 0 N–H and O–H groups in total. The van der Waals surface area contributed by atoms with Crippen LogP contribution in [0.3, 0.4) is 0 Å². The third-order valence-corrected chi connectivity index (χ3v) is 2.17. The fourth-order valence-electron chi connectivity index (χ4n) is 0.839. The van der Waals surface area contributed by atoms with Crippen molar-refractivity contribution in [3.8, 4) is 5.75 Å². The Labute approximate surface area is 88.0 Å². The van der Waals surface area contributed by atoms with Gasteiger partial charge in [0, 0.05) is 5.33 Å². The van der Waals surface area contributed by atoms with Crippen LogP contribution in [0.1, 0.15) is 5.56 Å². The first-order valence-corrected chi connectivity index (χ1v) is 4.99. The number of hydrogen-bond acceptors (Lipinski definition) is 1. The molecule has 0 bridgehead atoms. The summed E-state index contributed by atoms with van der Waals surface area (Å²) in [5.41, 5.74) is 0.963. The number of alkyl halides is 4. The highest BCUT2D eigenvalue weighted by Gasteiger charge is 2.20. The van der Waals surface area contributed by atoms with Crippen molar-refractivity contribution in [2.75, 3.05) is 0 Å². The van der Waals surface area contributed by atoms with E-state index in [4.69, 9.17) is 0 Å². The van der Waals surface area contributed by atoms with Gasteiger partial charge in [0.2, 0.25) is 0 Å². The summed E-state index contributed by atoms with van der Waals surface area (Å²) in [5, 5.41) is 0.654. The molecule has 78 valence electrons. The smallest absolute Gasteiger partial charge is 0.304 e. The standard InChI is InChI=1S/C9H8BrF3O/c10-5-6-1-3-7(4-2-6)14-9(13)8(11)12/h1-4,8-9H,5H2. The minimum Gasteiger partial charge on any atom is -0.454 e. The van der Waals surface area contributed by atoms with E-state index in [1.807, 2.05) is 0 Å². The van der Waals surface area contributed by atoms with Crippen LogP contribution in [0.5, 0.6) is 5.75 Å². The molecule has 1 nitrogen and oxygen atoms in total. The van der Waals surface area contributed by atoms with E-state index in [0.717, 1.165) is 5.56 Å². The predicted octanol–water partition coefficient (Wildman–Crippen LogP) is 3.52. The molecular formula is C9H8BrF3O. The summed E-state index contributed by atoms with van der Waals surface area (Å²) in [6.07, 6.45) is -5.68. The topological polar surface area (TPSA) is 9.23 Å². The molecular weight excluding hydrogens is 261 g/mol. The first-order valence-electron chi connectivity index (χ1n) is 3.87. The van der Waals surface area contributed by atoms with Gasteiger partial charge in [-0.25, -0.2) is 8.78 Å². The van der Waals surface area contributed by atoms with Crippen LogP contribution in [-0.2, 0) is 5.33 Å².